The highest BCUT2D eigenvalue weighted by Crippen LogP contribution is 2.23. The molecule has 1 aromatic carbocycles. The Bertz CT molecular complexity index is 299. The highest BCUT2D eigenvalue weighted by atomic mass is 79.9. The van der Waals surface area contributed by atoms with E-state index in [1.54, 1.807) is 12.1 Å². The summed E-state index contributed by atoms with van der Waals surface area (Å²) in [6.07, 6.45) is 1.61. The number of hydrogen-bond acceptors (Lipinski definition) is 1. The van der Waals surface area contributed by atoms with Crippen LogP contribution in [0.15, 0.2) is 35.3 Å². The van der Waals surface area contributed by atoms with Crippen molar-refractivity contribution in [3.8, 4) is 0 Å². The number of rotatable bonds is 2. The average molecular weight is 230 g/mol. The van der Waals surface area contributed by atoms with E-state index in [2.05, 4.69) is 22.5 Å². The van der Waals surface area contributed by atoms with Crippen LogP contribution in [0.5, 0.6) is 0 Å². The molecule has 3 heteroatoms. The van der Waals surface area contributed by atoms with Gasteiger partial charge >= 0.3 is 0 Å². The summed E-state index contributed by atoms with van der Waals surface area (Å²) in [6.45, 7) is 3.56. The standard InChI is InChI=1S/C9H9BrFN/c1-2-9(12)7-4-3-6(11)5-8(7)10/h2-5,9H,1,12H2. The summed E-state index contributed by atoms with van der Waals surface area (Å²) in [5.74, 6) is -0.276. The van der Waals surface area contributed by atoms with Gasteiger partial charge in [-0.25, -0.2) is 4.39 Å². The summed E-state index contributed by atoms with van der Waals surface area (Å²) in [7, 11) is 0. The summed E-state index contributed by atoms with van der Waals surface area (Å²) >= 11 is 3.22. The molecule has 0 aliphatic heterocycles. The molecule has 2 N–H and O–H groups in total. The fourth-order valence-electron chi connectivity index (χ4n) is 0.899. The van der Waals surface area contributed by atoms with E-state index in [1.165, 1.54) is 12.1 Å². The van der Waals surface area contributed by atoms with E-state index < -0.39 is 0 Å². The van der Waals surface area contributed by atoms with E-state index in [1.807, 2.05) is 0 Å². The Kier molecular flexibility index (Phi) is 3.00. The fraction of sp³-hybridized carbons (Fsp3) is 0.111. The monoisotopic (exact) mass is 229 g/mol. The molecule has 0 aliphatic carbocycles. The van der Waals surface area contributed by atoms with Gasteiger partial charge in [0.2, 0.25) is 0 Å². The minimum Gasteiger partial charge on any atom is -0.321 e. The Morgan fingerprint density at radius 1 is 1.58 bits per heavy atom. The van der Waals surface area contributed by atoms with Crippen LogP contribution in [0.1, 0.15) is 11.6 Å². The lowest BCUT2D eigenvalue weighted by atomic mass is 10.1. The zero-order chi connectivity index (χ0) is 9.14. The molecule has 0 bridgehead atoms. The maximum absolute atomic E-state index is 12.6. The molecule has 1 rings (SSSR count). The summed E-state index contributed by atoms with van der Waals surface area (Å²) in [5, 5.41) is 0. The van der Waals surface area contributed by atoms with Crippen molar-refractivity contribution in [1.82, 2.24) is 0 Å². The van der Waals surface area contributed by atoms with Gasteiger partial charge in [0, 0.05) is 10.5 Å². The molecule has 0 heterocycles. The second-order valence-electron chi connectivity index (χ2n) is 2.43. The molecule has 1 unspecified atom stereocenters. The van der Waals surface area contributed by atoms with Crippen LogP contribution in [0, 0.1) is 5.82 Å². The van der Waals surface area contributed by atoms with Gasteiger partial charge in [0.05, 0.1) is 0 Å². The van der Waals surface area contributed by atoms with Crippen LogP contribution >= 0.6 is 15.9 Å². The molecule has 0 spiro atoms. The third-order valence-electron chi connectivity index (χ3n) is 1.58. The van der Waals surface area contributed by atoms with E-state index in [4.69, 9.17) is 5.73 Å². The Labute approximate surface area is 79.2 Å². The van der Waals surface area contributed by atoms with Gasteiger partial charge in [0.15, 0.2) is 0 Å². The zero-order valence-corrected chi connectivity index (χ0v) is 8.01. The second kappa shape index (κ2) is 3.83. The second-order valence-corrected chi connectivity index (χ2v) is 3.28. The van der Waals surface area contributed by atoms with Crippen LogP contribution in [0.25, 0.3) is 0 Å². The van der Waals surface area contributed by atoms with E-state index in [0.29, 0.717) is 4.47 Å². The van der Waals surface area contributed by atoms with Crippen LogP contribution in [-0.2, 0) is 0 Å². The van der Waals surface area contributed by atoms with Crippen molar-refractivity contribution in [2.24, 2.45) is 5.73 Å². The van der Waals surface area contributed by atoms with E-state index in [9.17, 15) is 4.39 Å². The first-order valence-corrected chi connectivity index (χ1v) is 4.27. The third-order valence-corrected chi connectivity index (χ3v) is 2.26. The van der Waals surface area contributed by atoms with Gasteiger partial charge < -0.3 is 5.73 Å². The molecule has 1 nitrogen and oxygen atoms in total. The zero-order valence-electron chi connectivity index (χ0n) is 6.43. The summed E-state index contributed by atoms with van der Waals surface area (Å²) in [4.78, 5) is 0. The van der Waals surface area contributed by atoms with E-state index in [-0.39, 0.29) is 11.9 Å². The Hall–Kier alpha value is -0.670. The predicted molar refractivity (Wildman–Crippen MR) is 51.2 cm³/mol. The van der Waals surface area contributed by atoms with E-state index in [0.717, 1.165) is 5.56 Å². The fourth-order valence-corrected chi connectivity index (χ4v) is 1.51. The number of halogens is 2. The number of hydrogen-bond donors (Lipinski definition) is 1. The largest absolute Gasteiger partial charge is 0.321 e. The van der Waals surface area contributed by atoms with Crippen LogP contribution in [0.4, 0.5) is 4.39 Å². The molecular formula is C9H9BrFN. The van der Waals surface area contributed by atoms with Crippen LogP contribution < -0.4 is 5.73 Å². The molecule has 1 aromatic rings. The topological polar surface area (TPSA) is 26.0 Å². The molecular weight excluding hydrogens is 221 g/mol. The van der Waals surface area contributed by atoms with Crippen molar-refractivity contribution in [2.75, 3.05) is 0 Å². The lowest BCUT2D eigenvalue weighted by molar-refractivity contribution is 0.625. The molecule has 0 saturated carbocycles. The first kappa shape index (κ1) is 9.42. The molecule has 0 radical (unpaired) electrons. The van der Waals surface area contributed by atoms with Gasteiger partial charge in [-0.05, 0) is 17.7 Å². The Morgan fingerprint density at radius 3 is 2.75 bits per heavy atom. The molecule has 1 atom stereocenters. The van der Waals surface area contributed by atoms with Crippen molar-refractivity contribution in [1.29, 1.82) is 0 Å². The van der Waals surface area contributed by atoms with Gasteiger partial charge in [0.25, 0.3) is 0 Å². The maximum Gasteiger partial charge on any atom is 0.124 e. The molecule has 0 amide bonds. The number of nitrogens with two attached hydrogens (primary N) is 1. The first-order chi connectivity index (χ1) is 5.65. The molecule has 0 aliphatic rings. The van der Waals surface area contributed by atoms with E-state index >= 15 is 0 Å². The SMILES string of the molecule is C=CC(N)c1ccc(F)cc1Br. The van der Waals surface area contributed by atoms with Gasteiger partial charge in [-0.2, -0.15) is 0 Å². The highest BCUT2D eigenvalue weighted by Gasteiger charge is 2.06. The maximum atomic E-state index is 12.6. The average Bonchev–Trinajstić information content (AvgIpc) is 2.03. The van der Waals surface area contributed by atoms with Crippen LogP contribution in [0.3, 0.4) is 0 Å². The van der Waals surface area contributed by atoms with Crippen molar-refractivity contribution in [3.05, 3.63) is 46.7 Å². The van der Waals surface area contributed by atoms with Gasteiger partial charge in [-0.15, -0.1) is 6.58 Å². The highest BCUT2D eigenvalue weighted by molar-refractivity contribution is 9.10. The van der Waals surface area contributed by atoms with Crippen molar-refractivity contribution >= 4 is 15.9 Å². The smallest absolute Gasteiger partial charge is 0.124 e. The lowest BCUT2D eigenvalue weighted by Gasteiger charge is -2.08. The molecule has 64 valence electrons. The number of benzene rings is 1. The third kappa shape index (κ3) is 1.93. The Morgan fingerprint density at radius 2 is 2.25 bits per heavy atom. The van der Waals surface area contributed by atoms with Gasteiger partial charge in [0.1, 0.15) is 5.82 Å². The molecule has 12 heavy (non-hydrogen) atoms. The van der Waals surface area contributed by atoms with Crippen molar-refractivity contribution in [2.45, 2.75) is 6.04 Å². The van der Waals surface area contributed by atoms with Crippen LogP contribution in [0.2, 0.25) is 0 Å². The summed E-state index contributed by atoms with van der Waals surface area (Å²) in [5.41, 5.74) is 6.51. The minimum atomic E-state index is -0.276. The first-order valence-electron chi connectivity index (χ1n) is 3.48. The lowest BCUT2D eigenvalue weighted by Crippen LogP contribution is -2.07. The van der Waals surface area contributed by atoms with Gasteiger partial charge in [-0.1, -0.05) is 28.1 Å². The molecule has 0 fully saturated rings. The van der Waals surface area contributed by atoms with Crippen molar-refractivity contribution in [3.63, 3.8) is 0 Å². The predicted octanol–water partition coefficient (Wildman–Crippen LogP) is 2.77. The summed E-state index contributed by atoms with van der Waals surface area (Å²) in [6, 6.07) is 4.16. The normalized spacial score (nSPS) is 12.6. The Balaban J connectivity index is 3.09. The van der Waals surface area contributed by atoms with Gasteiger partial charge in [-0.3, -0.25) is 0 Å². The molecule has 0 aromatic heterocycles. The minimum absolute atomic E-state index is 0.250. The van der Waals surface area contributed by atoms with Crippen LogP contribution in [-0.4, -0.2) is 0 Å². The molecule has 0 saturated heterocycles. The quantitative estimate of drug-likeness (QED) is 0.776. The summed E-state index contributed by atoms with van der Waals surface area (Å²) < 4.78 is 13.3. The van der Waals surface area contributed by atoms with Crippen molar-refractivity contribution < 1.29 is 4.39 Å².